The Labute approximate surface area is 119 Å². The fourth-order valence-electron chi connectivity index (χ4n) is 2.42. The quantitative estimate of drug-likeness (QED) is 0.776. The van der Waals surface area contributed by atoms with Gasteiger partial charge in [0, 0.05) is 5.25 Å². The SMILES string of the molecule is CCSC1CCCC1n1c(SCC(=O)O)n[nH]c1=O. The zero-order chi connectivity index (χ0) is 13.8. The molecule has 0 saturated heterocycles. The van der Waals surface area contributed by atoms with Crippen molar-refractivity contribution in [1.82, 2.24) is 14.8 Å². The number of nitrogens with one attached hydrogen (secondary N) is 1. The Balaban J connectivity index is 2.20. The van der Waals surface area contributed by atoms with E-state index in [9.17, 15) is 9.59 Å². The van der Waals surface area contributed by atoms with Crippen molar-refractivity contribution in [2.24, 2.45) is 0 Å². The summed E-state index contributed by atoms with van der Waals surface area (Å²) in [6.07, 6.45) is 3.16. The van der Waals surface area contributed by atoms with E-state index < -0.39 is 5.97 Å². The number of hydrogen-bond donors (Lipinski definition) is 2. The van der Waals surface area contributed by atoms with Crippen LogP contribution < -0.4 is 5.69 Å². The number of hydrogen-bond acceptors (Lipinski definition) is 5. The highest BCUT2D eigenvalue weighted by Crippen LogP contribution is 2.39. The molecule has 1 aliphatic carbocycles. The van der Waals surface area contributed by atoms with Gasteiger partial charge in [-0.3, -0.25) is 9.36 Å². The molecule has 19 heavy (non-hydrogen) atoms. The molecular weight excluding hydrogens is 286 g/mol. The molecule has 0 spiro atoms. The first-order chi connectivity index (χ1) is 9.13. The second-order valence-electron chi connectivity index (χ2n) is 4.36. The lowest BCUT2D eigenvalue weighted by molar-refractivity contribution is -0.133. The maximum absolute atomic E-state index is 11.9. The van der Waals surface area contributed by atoms with Crippen LogP contribution in [0.4, 0.5) is 0 Å². The third-order valence-electron chi connectivity index (χ3n) is 3.13. The Morgan fingerprint density at radius 1 is 1.58 bits per heavy atom. The van der Waals surface area contributed by atoms with E-state index in [0.29, 0.717) is 10.4 Å². The minimum Gasteiger partial charge on any atom is -0.481 e. The summed E-state index contributed by atoms with van der Waals surface area (Å²) >= 11 is 2.95. The average molecular weight is 303 g/mol. The molecule has 1 saturated carbocycles. The molecule has 6 nitrogen and oxygen atoms in total. The number of aromatic amines is 1. The van der Waals surface area contributed by atoms with Gasteiger partial charge in [0.2, 0.25) is 0 Å². The molecule has 1 aromatic heterocycles. The molecule has 8 heteroatoms. The van der Waals surface area contributed by atoms with Gasteiger partial charge in [0.15, 0.2) is 5.16 Å². The van der Waals surface area contributed by atoms with Gasteiger partial charge in [-0.2, -0.15) is 11.8 Å². The number of rotatable bonds is 6. The summed E-state index contributed by atoms with van der Waals surface area (Å²) in [5, 5.41) is 16.0. The second-order valence-corrected chi connectivity index (χ2v) is 6.81. The number of thioether (sulfide) groups is 2. The molecule has 0 aromatic carbocycles. The number of carboxylic acid groups (broad SMARTS) is 1. The first kappa shape index (κ1) is 14.5. The Morgan fingerprint density at radius 2 is 2.37 bits per heavy atom. The van der Waals surface area contributed by atoms with Crippen molar-refractivity contribution in [3.05, 3.63) is 10.5 Å². The van der Waals surface area contributed by atoms with Crippen LogP contribution >= 0.6 is 23.5 Å². The minimum absolute atomic E-state index is 0.0808. The van der Waals surface area contributed by atoms with E-state index in [1.54, 1.807) is 4.57 Å². The van der Waals surface area contributed by atoms with Gasteiger partial charge in [-0.15, -0.1) is 5.10 Å². The number of aliphatic carboxylic acids is 1. The predicted octanol–water partition coefficient (Wildman–Crippen LogP) is 1.59. The molecule has 0 amide bonds. The maximum atomic E-state index is 11.9. The maximum Gasteiger partial charge on any atom is 0.344 e. The molecule has 2 atom stereocenters. The molecule has 2 rings (SSSR count). The van der Waals surface area contributed by atoms with Crippen LogP contribution in [0.3, 0.4) is 0 Å². The van der Waals surface area contributed by atoms with Crippen molar-refractivity contribution in [3.8, 4) is 0 Å². The summed E-state index contributed by atoms with van der Waals surface area (Å²) in [5.74, 6) is 0.0337. The first-order valence-electron chi connectivity index (χ1n) is 6.26. The van der Waals surface area contributed by atoms with E-state index in [2.05, 4.69) is 17.1 Å². The van der Waals surface area contributed by atoms with Crippen molar-refractivity contribution in [2.45, 2.75) is 42.6 Å². The van der Waals surface area contributed by atoms with Gasteiger partial charge in [-0.25, -0.2) is 9.89 Å². The third-order valence-corrected chi connectivity index (χ3v) is 5.38. The van der Waals surface area contributed by atoms with Gasteiger partial charge in [-0.1, -0.05) is 25.1 Å². The summed E-state index contributed by atoms with van der Waals surface area (Å²) in [6, 6.07) is 0.132. The number of carboxylic acids is 1. The minimum atomic E-state index is -0.905. The fourth-order valence-corrected chi connectivity index (χ4v) is 4.38. The number of H-pyrrole nitrogens is 1. The highest BCUT2D eigenvalue weighted by atomic mass is 32.2. The number of aromatic nitrogens is 3. The first-order valence-corrected chi connectivity index (χ1v) is 8.30. The summed E-state index contributed by atoms with van der Waals surface area (Å²) in [6.45, 7) is 2.11. The molecule has 2 N–H and O–H groups in total. The molecule has 0 aliphatic heterocycles. The molecule has 1 fully saturated rings. The molecular formula is C11H17N3O3S2. The lowest BCUT2D eigenvalue weighted by Gasteiger charge is -2.20. The van der Waals surface area contributed by atoms with Crippen molar-refractivity contribution < 1.29 is 9.90 Å². The van der Waals surface area contributed by atoms with Crippen LogP contribution in [0.2, 0.25) is 0 Å². The molecule has 106 valence electrons. The number of nitrogens with zero attached hydrogens (tertiary/aromatic N) is 2. The summed E-state index contributed by atoms with van der Waals surface area (Å²) in [7, 11) is 0. The van der Waals surface area contributed by atoms with Crippen molar-refractivity contribution in [2.75, 3.05) is 11.5 Å². The van der Waals surface area contributed by atoms with Crippen molar-refractivity contribution in [1.29, 1.82) is 0 Å². The summed E-state index contributed by atoms with van der Waals surface area (Å²) in [5.41, 5.74) is -0.235. The predicted molar refractivity (Wildman–Crippen MR) is 76.0 cm³/mol. The van der Waals surface area contributed by atoms with Gasteiger partial charge in [0.05, 0.1) is 11.8 Å². The second kappa shape index (κ2) is 6.51. The Bertz CT molecular complexity index is 500. The van der Waals surface area contributed by atoms with E-state index in [1.807, 2.05) is 11.8 Å². The third kappa shape index (κ3) is 3.36. The largest absolute Gasteiger partial charge is 0.481 e. The molecule has 1 heterocycles. The summed E-state index contributed by atoms with van der Waals surface area (Å²) < 4.78 is 1.65. The van der Waals surface area contributed by atoms with E-state index in [-0.39, 0.29) is 17.5 Å². The van der Waals surface area contributed by atoms with E-state index >= 15 is 0 Å². The average Bonchev–Trinajstić information content (AvgIpc) is 2.94. The highest BCUT2D eigenvalue weighted by molar-refractivity contribution is 8.00. The molecule has 0 radical (unpaired) electrons. The van der Waals surface area contributed by atoms with E-state index in [0.717, 1.165) is 36.8 Å². The van der Waals surface area contributed by atoms with Crippen LogP contribution in [0.1, 0.15) is 32.2 Å². The van der Waals surface area contributed by atoms with Crippen LogP contribution in [0.25, 0.3) is 0 Å². The van der Waals surface area contributed by atoms with Crippen LogP contribution in [-0.4, -0.2) is 42.6 Å². The lowest BCUT2D eigenvalue weighted by Crippen LogP contribution is -2.27. The standard InChI is InChI=1S/C11H17N3O3S2/c1-2-18-8-5-3-4-7(8)14-10(17)12-13-11(14)19-6-9(15)16/h7-8H,2-6H2,1H3,(H,12,17)(H,15,16). The van der Waals surface area contributed by atoms with Crippen molar-refractivity contribution >= 4 is 29.5 Å². The topological polar surface area (TPSA) is 88.0 Å². The normalized spacial score (nSPS) is 22.8. The van der Waals surface area contributed by atoms with Gasteiger partial charge >= 0.3 is 11.7 Å². The molecule has 1 aliphatic rings. The molecule has 1 aromatic rings. The fraction of sp³-hybridized carbons (Fsp3) is 0.727. The Hall–Kier alpha value is -0.890. The number of carbonyl (C=O) groups is 1. The van der Waals surface area contributed by atoms with Crippen LogP contribution in [-0.2, 0) is 4.79 Å². The monoisotopic (exact) mass is 303 g/mol. The van der Waals surface area contributed by atoms with Gasteiger partial charge < -0.3 is 5.11 Å². The van der Waals surface area contributed by atoms with E-state index in [4.69, 9.17) is 5.11 Å². The zero-order valence-electron chi connectivity index (χ0n) is 10.7. The molecule has 2 unspecified atom stereocenters. The van der Waals surface area contributed by atoms with E-state index in [1.165, 1.54) is 0 Å². The Morgan fingerprint density at radius 3 is 3.05 bits per heavy atom. The zero-order valence-corrected chi connectivity index (χ0v) is 12.3. The highest BCUT2D eigenvalue weighted by Gasteiger charge is 2.31. The lowest BCUT2D eigenvalue weighted by atomic mass is 10.2. The van der Waals surface area contributed by atoms with Crippen molar-refractivity contribution in [3.63, 3.8) is 0 Å². The van der Waals surface area contributed by atoms with Crippen LogP contribution in [0.15, 0.2) is 9.95 Å². The molecule has 0 bridgehead atoms. The summed E-state index contributed by atoms with van der Waals surface area (Å²) in [4.78, 5) is 22.5. The Kier molecular flexibility index (Phi) is 4.98. The van der Waals surface area contributed by atoms with Crippen LogP contribution in [0, 0.1) is 0 Å². The smallest absolute Gasteiger partial charge is 0.344 e. The van der Waals surface area contributed by atoms with Gasteiger partial charge in [0.25, 0.3) is 0 Å². The van der Waals surface area contributed by atoms with Crippen LogP contribution in [0.5, 0.6) is 0 Å². The van der Waals surface area contributed by atoms with Gasteiger partial charge in [0.1, 0.15) is 0 Å². The van der Waals surface area contributed by atoms with Gasteiger partial charge in [-0.05, 0) is 18.6 Å².